The minimum Gasteiger partial charge on any atom is -0.381 e. The van der Waals surface area contributed by atoms with Gasteiger partial charge in [0, 0.05) is 70.6 Å². The Balaban J connectivity index is 0.00000300. The first-order valence-electron chi connectivity index (χ1n) is 10.7. The van der Waals surface area contributed by atoms with E-state index < -0.39 is 0 Å². The predicted molar refractivity (Wildman–Crippen MR) is 132 cm³/mol. The summed E-state index contributed by atoms with van der Waals surface area (Å²) in [4.78, 5) is 8.46. The van der Waals surface area contributed by atoms with Crippen LogP contribution in [0.25, 0.3) is 0 Å². The molecule has 2 N–H and O–H groups in total. The molecule has 2 aliphatic rings. The summed E-state index contributed by atoms with van der Waals surface area (Å²) in [6.45, 7) is 9.74. The van der Waals surface area contributed by atoms with Crippen molar-refractivity contribution in [2.24, 2.45) is 10.9 Å². The Hall–Kier alpha value is -0.420. The van der Waals surface area contributed by atoms with Gasteiger partial charge < -0.3 is 20.1 Å². The van der Waals surface area contributed by atoms with Gasteiger partial charge in [0.15, 0.2) is 5.96 Å². The standard InChI is InChI=1S/C21H36N4O2S.HI/c1-17(25-9-4-20-19(15-25)7-13-28-20)14-24-21(22-2)23-8-3-10-27-16-18-5-11-26-12-6-18;/h7,13,17-18H,3-6,8-12,14-16H2,1-2H3,(H2,22,23,24);1H. The number of hydrogen-bond donors (Lipinski definition) is 2. The third-order valence-corrected chi connectivity index (χ3v) is 6.72. The molecule has 1 atom stereocenters. The zero-order chi connectivity index (χ0) is 19.6. The van der Waals surface area contributed by atoms with Gasteiger partial charge in [0.05, 0.1) is 0 Å². The Morgan fingerprint density at radius 3 is 3.00 bits per heavy atom. The maximum absolute atomic E-state index is 5.83. The van der Waals surface area contributed by atoms with E-state index in [0.29, 0.717) is 12.0 Å². The van der Waals surface area contributed by atoms with Crippen LogP contribution < -0.4 is 10.6 Å². The highest BCUT2D eigenvalue weighted by molar-refractivity contribution is 14.0. The summed E-state index contributed by atoms with van der Waals surface area (Å²) in [5.41, 5.74) is 1.51. The highest BCUT2D eigenvalue weighted by Crippen LogP contribution is 2.24. The average Bonchev–Trinajstić information content (AvgIpc) is 3.21. The first-order chi connectivity index (χ1) is 13.8. The van der Waals surface area contributed by atoms with E-state index in [4.69, 9.17) is 9.47 Å². The smallest absolute Gasteiger partial charge is 0.191 e. The van der Waals surface area contributed by atoms with Crippen LogP contribution in [-0.2, 0) is 22.4 Å². The lowest BCUT2D eigenvalue weighted by atomic mass is 10.0. The number of thiophene rings is 1. The number of hydrogen-bond acceptors (Lipinski definition) is 5. The molecule has 166 valence electrons. The second kappa shape index (κ2) is 13.8. The number of halogens is 1. The van der Waals surface area contributed by atoms with Crippen molar-refractivity contribution < 1.29 is 9.47 Å². The molecule has 0 aliphatic carbocycles. The van der Waals surface area contributed by atoms with Crippen LogP contribution in [0.3, 0.4) is 0 Å². The summed E-state index contributed by atoms with van der Waals surface area (Å²) in [6, 6.07) is 2.76. The second-order valence-electron chi connectivity index (χ2n) is 7.80. The number of ether oxygens (including phenoxy) is 2. The Bertz CT molecular complexity index is 607. The van der Waals surface area contributed by atoms with E-state index in [-0.39, 0.29) is 24.0 Å². The van der Waals surface area contributed by atoms with E-state index in [9.17, 15) is 0 Å². The Morgan fingerprint density at radius 2 is 2.21 bits per heavy atom. The number of rotatable bonds is 9. The molecule has 6 nitrogen and oxygen atoms in total. The fourth-order valence-corrected chi connectivity index (χ4v) is 4.67. The number of nitrogens with zero attached hydrogens (tertiary/aromatic N) is 2. The first-order valence-corrected chi connectivity index (χ1v) is 11.5. The summed E-state index contributed by atoms with van der Waals surface area (Å²) in [6.07, 6.45) is 4.44. The minimum absolute atomic E-state index is 0. The SMILES string of the molecule is CN=C(NCCCOCC1CCOCC1)NCC(C)N1CCc2sccc2C1.I. The van der Waals surface area contributed by atoms with Crippen LogP contribution in [-0.4, -0.2) is 70.0 Å². The molecule has 0 spiro atoms. The van der Waals surface area contributed by atoms with Gasteiger partial charge in [0.1, 0.15) is 0 Å². The van der Waals surface area contributed by atoms with Gasteiger partial charge in [-0.1, -0.05) is 0 Å². The number of aliphatic imine (C=N–C) groups is 1. The lowest BCUT2D eigenvalue weighted by Crippen LogP contribution is -2.47. The molecule has 3 rings (SSSR count). The molecule has 8 heteroatoms. The summed E-state index contributed by atoms with van der Waals surface area (Å²) in [5.74, 6) is 1.56. The van der Waals surface area contributed by atoms with E-state index in [0.717, 1.165) is 77.8 Å². The zero-order valence-electron chi connectivity index (χ0n) is 17.8. The highest BCUT2D eigenvalue weighted by Gasteiger charge is 2.21. The van der Waals surface area contributed by atoms with E-state index in [1.165, 1.54) is 12.0 Å². The third kappa shape index (κ3) is 8.32. The number of guanidine groups is 1. The lowest BCUT2D eigenvalue weighted by Gasteiger charge is -2.32. The minimum atomic E-state index is 0. The van der Waals surface area contributed by atoms with Crippen LogP contribution in [0.5, 0.6) is 0 Å². The summed E-state index contributed by atoms with van der Waals surface area (Å²) in [7, 11) is 1.83. The topological polar surface area (TPSA) is 58.1 Å². The molecular weight excluding hydrogens is 499 g/mol. The van der Waals surface area contributed by atoms with Crippen molar-refractivity contribution in [3.8, 4) is 0 Å². The maximum atomic E-state index is 5.83. The van der Waals surface area contributed by atoms with E-state index in [2.05, 4.69) is 38.9 Å². The maximum Gasteiger partial charge on any atom is 0.191 e. The van der Waals surface area contributed by atoms with Gasteiger partial charge in [0.25, 0.3) is 0 Å². The van der Waals surface area contributed by atoms with Gasteiger partial charge in [-0.15, -0.1) is 35.3 Å². The van der Waals surface area contributed by atoms with Gasteiger partial charge in [-0.2, -0.15) is 0 Å². The summed E-state index contributed by atoms with van der Waals surface area (Å²) >= 11 is 1.90. The van der Waals surface area contributed by atoms with Crippen molar-refractivity contribution in [3.63, 3.8) is 0 Å². The molecule has 1 saturated heterocycles. The van der Waals surface area contributed by atoms with Crippen molar-refractivity contribution >= 4 is 41.3 Å². The van der Waals surface area contributed by atoms with Crippen LogP contribution >= 0.6 is 35.3 Å². The molecule has 2 aliphatic heterocycles. The normalized spacial score (nSPS) is 19.3. The van der Waals surface area contributed by atoms with E-state index >= 15 is 0 Å². The zero-order valence-corrected chi connectivity index (χ0v) is 21.0. The molecule has 0 bridgehead atoms. The van der Waals surface area contributed by atoms with E-state index in [1.807, 2.05) is 18.4 Å². The van der Waals surface area contributed by atoms with Crippen LogP contribution in [0.1, 0.15) is 36.6 Å². The van der Waals surface area contributed by atoms with Crippen molar-refractivity contribution in [3.05, 3.63) is 21.9 Å². The van der Waals surface area contributed by atoms with Gasteiger partial charge in [-0.05, 0) is 55.5 Å². The third-order valence-electron chi connectivity index (χ3n) is 5.70. The molecule has 1 aromatic rings. The van der Waals surface area contributed by atoms with Crippen LogP contribution in [0.15, 0.2) is 16.4 Å². The molecule has 0 amide bonds. The van der Waals surface area contributed by atoms with Crippen molar-refractivity contribution in [1.29, 1.82) is 0 Å². The van der Waals surface area contributed by atoms with Crippen LogP contribution in [0.2, 0.25) is 0 Å². The molecule has 0 radical (unpaired) electrons. The Kier molecular flexibility index (Phi) is 11.8. The van der Waals surface area contributed by atoms with Gasteiger partial charge in [0.2, 0.25) is 0 Å². The fraction of sp³-hybridized carbons (Fsp3) is 0.762. The molecule has 1 aromatic heterocycles. The van der Waals surface area contributed by atoms with Gasteiger partial charge in [-0.3, -0.25) is 9.89 Å². The molecule has 1 unspecified atom stereocenters. The van der Waals surface area contributed by atoms with Crippen molar-refractivity contribution in [2.45, 2.75) is 45.2 Å². The average molecular weight is 537 g/mol. The van der Waals surface area contributed by atoms with Crippen molar-refractivity contribution in [2.75, 3.05) is 53.1 Å². The molecule has 0 aromatic carbocycles. The monoisotopic (exact) mass is 536 g/mol. The number of nitrogens with one attached hydrogen (secondary N) is 2. The summed E-state index contributed by atoms with van der Waals surface area (Å²) in [5, 5.41) is 9.09. The molecule has 3 heterocycles. The molecule has 1 fully saturated rings. The quantitative estimate of drug-likeness (QED) is 0.220. The largest absolute Gasteiger partial charge is 0.381 e. The Labute approximate surface area is 196 Å². The molecular formula is C21H37IN4O2S. The van der Waals surface area contributed by atoms with Crippen LogP contribution in [0.4, 0.5) is 0 Å². The van der Waals surface area contributed by atoms with Gasteiger partial charge >= 0.3 is 0 Å². The van der Waals surface area contributed by atoms with Crippen LogP contribution in [0, 0.1) is 5.92 Å². The van der Waals surface area contributed by atoms with Gasteiger partial charge in [-0.25, -0.2) is 0 Å². The number of fused-ring (bicyclic) bond motifs is 1. The molecule has 0 saturated carbocycles. The van der Waals surface area contributed by atoms with Crippen molar-refractivity contribution in [1.82, 2.24) is 15.5 Å². The summed E-state index contributed by atoms with van der Waals surface area (Å²) < 4.78 is 11.2. The predicted octanol–water partition coefficient (Wildman–Crippen LogP) is 3.11. The molecule has 29 heavy (non-hydrogen) atoms. The second-order valence-corrected chi connectivity index (χ2v) is 8.80. The lowest BCUT2D eigenvalue weighted by molar-refractivity contribution is 0.0203. The Morgan fingerprint density at radius 1 is 1.38 bits per heavy atom. The highest BCUT2D eigenvalue weighted by atomic mass is 127. The fourth-order valence-electron chi connectivity index (χ4n) is 3.78. The first kappa shape index (κ1) is 24.8. The van der Waals surface area contributed by atoms with E-state index in [1.54, 1.807) is 4.88 Å².